The molecule has 0 heterocycles. The lowest BCUT2D eigenvalue weighted by molar-refractivity contribution is 0.0483. The largest absolute Gasteiger partial charge is 0.311 e. The Morgan fingerprint density at radius 1 is 1.11 bits per heavy atom. The van der Waals surface area contributed by atoms with Crippen molar-refractivity contribution in [2.24, 2.45) is 17.8 Å². The summed E-state index contributed by atoms with van der Waals surface area (Å²) < 4.78 is 20.5. The van der Waals surface area contributed by atoms with Crippen molar-refractivity contribution in [3.63, 3.8) is 0 Å². The van der Waals surface area contributed by atoms with Crippen molar-refractivity contribution in [1.29, 1.82) is 0 Å². The monoisotopic (exact) mass is 419 g/mol. The van der Waals surface area contributed by atoms with Gasteiger partial charge in [-0.25, -0.2) is 5.09 Å². The number of nitrogens with one attached hydrogen (secondary N) is 1. The summed E-state index contributed by atoms with van der Waals surface area (Å²) >= 11 is 5.99. The van der Waals surface area contributed by atoms with Crippen LogP contribution >= 0.6 is 19.1 Å². The zero-order chi connectivity index (χ0) is 20.1. The molecule has 1 saturated carbocycles. The molecule has 0 bridgehead atoms. The minimum absolute atomic E-state index is 0.00695. The Morgan fingerprint density at radius 3 is 2.43 bits per heavy atom. The molecule has 3 rings (SSSR count). The first-order valence-corrected chi connectivity index (χ1v) is 12.2. The second kappa shape index (κ2) is 9.59. The average molecular weight is 420 g/mol. The molecular formula is C23H31ClNO2P. The van der Waals surface area contributed by atoms with Gasteiger partial charge < -0.3 is 4.52 Å². The maximum Gasteiger partial charge on any atom is 0.300 e. The fraction of sp³-hybridized carbons (Fsp3) is 0.478. The highest BCUT2D eigenvalue weighted by Crippen LogP contribution is 2.48. The topological polar surface area (TPSA) is 38.3 Å². The minimum Gasteiger partial charge on any atom is -0.311 e. The molecule has 0 unspecified atom stereocenters. The van der Waals surface area contributed by atoms with Gasteiger partial charge >= 0.3 is 0 Å². The van der Waals surface area contributed by atoms with Gasteiger partial charge in [-0.1, -0.05) is 69.1 Å². The van der Waals surface area contributed by atoms with Crippen molar-refractivity contribution in [2.45, 2.75) is 52.7 Å². The molecule has 28 heavy (non-hydrogen) atoms. The summed E-state index contributed by atoms with van der Waals surface area (Å²) in [6.45, 7) is 7.22. The summed E-state index contributed by atoms with van der Waals surface area (Å²) in [5.74, 6) is 1.55. The Kier molecular flexibility index (Phi) is 7.39. The Bertz CT molecular complexity index is 794. The first-order chi connectivity index (χ1) is 13.4. The van der Waals surface area contributed by atoms with Crippen LogP contribution in [0.25, 0.3) is 0 Å². The zero-order valence-electron chi connectivity index (χ0n) is 17.0. The first-order valence-electron chi connectivity index (χ1n) is 10.2. The van der Waals surface area contributed by atoms with Crippen LogP contribution in [-0.4, -0.2) is 6.10 Å². The van der Waals surface area contributed by atoms with Crippen LogP contribution < -0.4 is 10.4 Å². The third-order valence-corrected chi connectivity index (χ3v) is 8.12. The summed E-state index contributed by atoms with van der Waals surface area (Å²) in [6, 6.07) is 17.2. The van der Waals surface area contributed by atoms with E-state index in [0.717, 1.165) is 23.7 Å². The second-order valence-corrected chi connectivity index (χ2v) is 10.9. The third-order valence-electron chi connectivity index (χ3n) is 5.75. The fourth-order valence-electron chi connectivity index (χ4n) is 4.04. The molecule has 0 amide bonds. The SMILES string of the molecule is CC(C)[C@@H]1CC[C@H](C)C[C@H]1O[P@](=O)(NCc1ccc(Cl)cc1)c1ccccc1. The Labute approximate surface area is 174 Å². The van der Waals surface area contributed by atoms with Crippen molar-refractivity contribution in [2.75, 3.05) is 0 Å². The van der Waals surface area contributed by atoms with Crippen LogP contribution in [0.1, 0.15) is 45.6 Å². The third kappa shape index (κ3) is 5.48. The van der Waals surface area contributed by atoms with Gasteiger partial charge in [0.05, 0.1) is 11.4 Å². The molecule has 152 valence electrons. The predicted octanol–water partition coefficient (Wildman–Crippen LogP) is 6.43. The van der Waals surface area contributed by atoms with E-state index in [1.807, 2.05) is 54.6 Å². The van der Waals surface area contributed by atoms with Crippen LogP contribution in [0, 0.1) is 17.8 Å². The molecule has 1 aliphatic carbocycles. The van der Waals surface area contributed by atoms with Gasteiger partial charge in [0.2, 0.25) is 0 Å². The van der Waals surface area contributed by atoms with Crippen LogP contribution in [-0.2, 0) is 15.6 Å². The number of hydrogen-bond donors (Lipinski definition) is 1. The van der Waals surface area contributed by atoms with Crippen molar-refractivity contribution in [3.05, 3.63) is 65.2 Å². The average Bonchev–Trinajstić information content (AvgIpc) is 2.68. The van der Waals surface area contributed by atoms with Crippen molar-refractivity contribution in [3.8, 4) is 0 Å². The van der Waals surface area contributed by atoms with Gasteiger partial charge in [0.15, 0.2) is 0 Å². The lowest BCUT2D eigenvalue weighted by Crippen LogP contribution is -2.36. The number of halogens is 1. The molecule has 0 radical (unpaired) electrons. The van der Waals surface area contributed by atoms with E-state index >= 15 is 0 Å². The normalized spacial score (nSPS) is 24.8. The van der Waals surface area contributed by atoms with E-state index in [-0.39, 0.29) is 6.10 Å². The quantitative estimate of drug-likeness (QED) is 0.526. The standard InChI is InChI=1S/C23H31ClNO2P/c1-17(2)22-14-9-18(3)15-23(22)27-28(26,21-7-5-4-6-8-21)25-16-19-10-12-20(24)13-11-19/h4-8,10-13,17-18,22-23H,9,14-16H2,1-3H3,(H,25,26)/t18-,22-,23+,28-/m0/s1. The molecule has 3 nitrogen and oxygen atoms in total. The fourth-order valence-corrected chi connectivity index (χ4v) is 6.12. The highest BCUT2D eigenvalue weighted by Gasteiger charge is 2.37. The van der Waals surface area contributed by atoms with E-state index in [2.05, 4.69) is 25.9 Å². The van der Waals surface area contributed by atoms with Crippen LogP contribution in [0.15, 0.2) is 54.6 Å². The molecule has 2 aromatic rings. The predicted molar refractivity (Wildman–Crippen MR) is 118 cm³/mol. The highest BCUT2D eigenvalue weighted by molar-refractivity contribution is 7.65. The summed E-state index contributed by atoms with van der Waals surface area (Å²) in [6.07, 6.45) is 3.32. The smallest absolute Gasteiger partial charge is 0.300 e. The van der Waals surface area contributed by atoms with Crippen LogP contribution in [0.5, 0.6) is 0 Å². The van der Waals surface area contributed by atoms with Crippen molar-refractivity contribution >= 4 is 24.4 Å². The maximum absolute atomic E-state index is 14.0. The molecule has 1 fully saturated rings. The van der Waals surface area contributed by atoms with E-state index in [1.165, 1.54) is 6.42 Å². The van der Waals surface area contributed by atoms with Crippen molar-refractivity contribution in [1.82, 2.24) is 5.09 Å². The maximum atomic E-state index is 14.0. The Morgan fingerprint density at radius 2 is 1.79 bits per heavy atom. The molecule has 2 aromatic carbocycles. The zero-order valence-corrected chi connectivity index (χ0v) is 18.6. The molecule has 1 N–H and O–H groups in total. The van der Waals surface area contributed by atoms with E-state index < -0.39 is 7.52 Å². The van der Waals surface area contributed by atoms with Crippen LogP contribution in [0.3, 0.4) is 0 Å². The summed E-state index contributed by atoms with van der Waals surface area (Å²) in [5.41, 5.74) is 1.03. The molecule has 0 saturated heterocycles. The van der Waals surface area contributed by atoms with E-state index in [1.54, 1.807) is 0 Å². The summed E-state index contributed by atoms with van der Waals surface area (Å²) in [4.78, 5) is 0. The van der Waals surface area contributed by atoms with Crippen LogP contribution in [0.4, 0.5) is 0 Å². The van der Waals surface area contributed by atoms with Gasteiger partial charge in [-0.15, -0.1) is 0 Å². The number of hydrogen-bond acceptors (Lipinski definition) is 2. The van der Waals surface area contributed by atoms with Gasteiger partial charge in [0.25, 0.3) is 7.52 Å². The lowest BCUT2D eigenvalue weighted by atomic mass is 9.75. The van der Waals surface area contributed by atoms with Gasteiger partial charge in [-0.2, -0.15) is 0 Å². The first kappa shape index (κ1) is 21.6. The minimum atomic E-state index is -3.20. The highest BCUT2D eigenvalue weighted by atomic mass is 35.5. The molecule has 0 spiro atoms. The summed E-state index contributed by atoms with van der Waals surface area (Å²) in [5, 5.41) is 4.68. The van der Waals surface area contributed by atoms with Crippen LogP contribution in [0.2, 0.25) is 5.02 Å². The van der Waals surface area contributed by atoms with Gasteiger partial charge in [0, 0.05) is 11.6 Å². The Balaban J connectivity index is 1.83. The molecule has 0 aromatic heterocycles. The molecule has 5 heteroatoms. The molecular weight excluding hydrogens is 389 g/mol. The molecule has 1 aliphatic rings. The number of rotatable bonds is 7. The lowest BCUT2D eigenvalue weighted by Gasteiger charge is -2.39. The second-order valence-electron chi connectivity index (χ2n) is 8.32. The van der Waals surface area contributed by atoms with Crippen molar-refractivity contribution < 1.29 is 9.09 Å². The van der Waals surface area contributed by atoms with Gasteiger partial charge in [0.1, 0.15) is 0 Å². The van der Waals surface area contributed by atoms with E-state index in [0.29, 0.717) is 29.3 Å². The van der Waals surface area contributed by atoms with Gasteiger partial charge in [-0.3, -0.25) is 4.57 Å². The van der Waals surface area contributed by atoms with Gasteiger partial charge in [-0.05, 0) is 60.4 Å². The Hall–Kier alpha value is -1.12. The number of benzene rings is 2. The molecule has 4 atom stereocenters. The summed E-state index contributed by atoms with van der Waals surface area (Å²) in [7, 11) is -3.20. The van der Waals surface area contributed by atoms with E-state index in [9.17, 15) is 4.57 Å². The molecule has 0 aliphatic heterocycles. The van der Waals surface area contributed by atoms with E-state index in [4.69, 9.17) is 16.1 Å².